The third-order valence-electron chi connectivity index (χ3n) is 7.81. The van der Waals surface area contributed by atoms with Gasteiger partial charge in [-0.3, -0.25) is 4.79 Å². The molecule has 6 rings (SSSR count). The molecular weight excluding hydrogens is 613 g/mol. The lowest BCUT2D eigenvalue weighted by atomic mass is 9.36. The lowest BCUT2D eigenvalue weighted by Gasteiger charge is -2.67. The SMILES string of the molecule is COC(=O)C1(C#N)C(C#N)(C#N)[C@]2(c3cc4ccccc4cc3S)Sc3cc4ccccc4cc3[C@]12I. The molecule has 0 aromatic heterocycles. The third kappa shape index (κ3) is 2.44. The monoisotopic (exact) mass is 629 g/mol. The fourth-order valence-electron chi connectivity index (χ4n) is 6.22. The summed E-state index contributed by atoms with van der Waals surface area (Å²) >= 11 is 8.35. The molecule has 3 atom stereocenters. The first-order chi connectivity index (χ1) is 17.8. The number of halogens is 1. The fraction of sp³-hybridized carbons (Fsp3) is 0.172. The van der Waals surface area contributed by atoms with Gasteiger partial charge in [0.2, 0.25) is 5.41 Å². The number of nitriles is 3. The molecule has 1 fully saturated rings. The number of carbonyl (C=O) groups excluding carboxylic acids is 1. The highest BCUT2D eigenvalue weighted by Gasteiger charge is 2.96. The third-order valence-corrected chi connectivity index (χ3v) is 12.4. The second kappa shape index (κ2) is 7.88. The van der Waals surface area contributed by atoms with E-state index in [1.54, 1.807) is 0 Å². The van der Waals surface area contributed by atoms with Crippen LogP contribution < -0.4 is 0 Å². The summed E-state index contributed by atoms with van der Waals surface area (Å²) in [5, 5.41) is 35.9. The molecule has 1 saturated carbocycles. The lowest BCUT2D eigenvalue weighted by Crippen LogP contribution is -2.80. The Labute approximate surface area is 236 Å². The highest BCUT2D eigenvalue weighted by Crippen LogP contribution is 2.89. The summed E-state index contributed by atoms with van der Waals surface area (Å²) in [5.74, 6) is -0.897. The Morgan fingerprint density at radius 1 is 0.865 bits per heavy atom. The Hall–Kier alpha value is -3.23. The smallest absolute Gasteiger partial charge is 0.330 e. The molecule has 0 bridgehead atoms. The van der Waals surface area contributed by atoms with Gasteiger partial charge in [-0.05, 0) is 56.9 Å². The highest BCUT2D eigenvalue weighted by molar-refractivity contribution is 14.1. The van der Waals surface area contributed by atoms with Crippen molar-refractivity contribution in [1.82, 2.24) is 0 Å². The van der Waals surface area contributed by atoms with Crippen LogP contribution in [0.15, 0.2) is 82.6 Å². The summed E-state index contributed by atoms with van der Waals surface area (Å²) in [7, 11) is 1.18. The van der Waals surface area contributed by atoms with Crippen molar-refractivity contribution in [2.45, 2.75) is 18.0 Å². The lowest BCUT2D eigenvalue weighted by molar-refractivity contribution is -0.170. The molecule has 1 aliphatic heterocycles. The van der Waals surface area contributed by atoms with Crippen LogP contribution in [0.2, 0.25) is 0 Å². The van der Waals surface area contributed by atoms with Crippen molar-refractivity contribution < 1.29 is 9.53 Å². The van der Waals surface area contributed by atoms with Crippen molar-refractivity contribution >= 4 is 74.5 Å². The number of thioether (sulfide) groups is 1. The van der Waals surface area contributed by atoms with E-state index < -0.39 is 25.0 Å². The quantitative estimate of drug-likeness (QED) is 0.116. The zero-order valence-corrected chi connectivity index (χ0v) is 23.2. The number of carbonyl (C=O) groups is 1. The average molecular weight is 630 g/mol. The minimum absolute atomic E-state index is 0.580. The Kier molecular flexibility index (Phi) is 5.14. The van der Waals surface area contributed by atoms with Crippen LogP contribution in [0.4, 0.5) is 0 Å². The first-order valence-electron chi connectivity index (χ1n) is 11.3. The second-order valence-corrected chi connectivity index (χ2v) is 12.5. The van der Waals surface area contributed by atoms with E-state index in [-0.39, 0.29) is 0 Å². The van der Waals surface area contributed by atoms with Crippen LogP contribution in [0.25, 0.3) is 21.5 Å². The molecule has 4 aromatic rings. The first-order valence-corrected chi connectivity index (χ1v) is 13.6. The number of methoxy groups -OCH3 is 1. The molecule has 0 amide bonds. The normalized spacial score (nSPS) is 26.7. The maximum atomic E-state index is 13.6. The van der Waals surface area contributed by atoms with Gasteiger partial charge in [0, 0.05) is 9.79 Å². The maximum Gasteiger partial charge on any atom is 0.330 e. The highest BCUT2D eigenvalue weighted by atomic mass is 127. The van der Waals surface area contributed by atoms with E-state index >= 15 is 0 Å². The molecule has 0 spiro atoms. The summed E-state index contributed by atoms with van der Waals surface area (Å²) in [5.41, 5.74) is -2.80. The summed E-state index contributed by atoms with van der Waals surface area (Å²) in [4.78, 5) is 15.0. The molecular formula is C29H16IN3O2S2. The van der Waals surface area contributed by atoms with Gasteiger partial charge in [0.05, 0.1) is 25.3 Å². The number of esters is 1. The van der Waals surface area contributed by atoms with Crippen LogP contribution in [-0.2, 0) is 17.7 Å². The minimum Gasteiger partial charge on any atom is -0.468 e. The fourth-order valence-corrected chi connectivity index (χ4v) is 11.0. The molecule has 1 heterocycles. The molecule has 1 aliphatic carbocycles. The van der Waals surface area contributed by atoms with Gasteiger partial charge in [0.15, 0.2) is 5.41 Å². The summed E-state index contributed by atoms with van der Waals surface area (Å²) in [6.45, 7) is 0. The van der Waals surface area contributed by atoms with E-state index in [1.807, 2.05) is 72.8 Å². The number of fused-ring (bicyclic) bond motifs is 5. The molecule has 5 nitrogen and oxygen atoms in total. The van der Waals surface area contributed by atoms with Crippen molar-refractivity contribution in [3.63, 3.8) is 0 Å². The number of nitrogens with zero attached hydrogens (tertiary/aromatic N) is 3. The van der Waals surface area contributed by atoms with Crippen LogP contribution >= 0.6 is 47.0 Å². The molecule has 1 unspecified atom stereocenters. The molecule has 8 heteroatoms. The van der Waals surface area contributed by atoms with Gasteiger partial charge < -0.3 is 4.74 Å². The van der Waals surface area contributed by atoms with Gasteiger partial charge in [-0.25, -0.2) is 0 Å². The zero-order chi connectivity index (χ0) is 26.2. The number of rotatable bonds is 2. The minimum atomic E-state index is -2.09. The predicted octanol–water partition coefficient (Wildman–Crippen LogP) is 6.64. The second-order valence-electron chi connectivity index (χ2n) is 9.18. The van der Waals surface area contributed by atoms with Crippen molar-refractivity contribution in [2.24, 2.45) is 10.8 Å². The first kappa shape index (κ1) is 24.1. The van der Waals surface area contributed by atoms with E-state index in [2.05, 4.69) is 40.8 Å². The largest absolute Gasteiger partial charge is 0.468 e. The maximum absolute atomic E-state index is 13.6. The van der Waals surface area contributed by atoms with E-state index in [0.717, 1.165) is 32.0 Å². The summed E-state index contributed by atoms with van der Waals surface area (Å²) < 4.78 is 2.53. The number of hydrogen-bond donors (Lipinski definition) is 1. The number of ether oxygens (including phenoxy) is 1. The van der Waals surface area contributed by atoms with Gasteiger partial charge in [-0.15, -0.1) is 24.4 Å². The van der Waals surface area contributed by atoms with Crippen molar-refractivity contribution in [2.75, 3.05) is 7.11 Å². The number of alkyl halides is 1. The predicted molar refractivity (Wildman–Crippen MR) is 152 cm³/mol. The van der Waals surface area contributed by atoms with Crippen molar-refractivity contribution in [3.05, 3.63) is 83.9 Å². The van der Waals surface area contributed by atoms with Crippen LogP contribution in [0.1, 0.15) is 11.1 Å². The Balaban J connectivity index is 1.81. The number of hydrogen-bond acceptors (Lipinski definition) is 7. The number of thiol groups is 1. The molecule has 0 radical (unpaired) electrons. The van der Waals surface area contributed by atoms with Crippen LogP contribution in [0, 0.1) is 44.8 Å². The van der Waals surface area contributed by atoms with E-state index in [1.165, 1.54) is 18.9 Å². The Morgan fingerprint density at radius 2 is 1.38 bits per heavy atom. The molecule has 4 aromatic carbocycles. The van der Waals surface area contributed by atoms with E-state index in [4.69, 9.17) is 17.4 Å². The standard InChI is InChI=1S/C29H16IN3O2S2/c1-35-25(34)27(16-33)26(14-31,15-32)29(21-10-17-6-2-4-8-19(17)12-23(21)36)28(27,30)22-11-18-7-3-5-9-20(18)13-24(22)37-29/h2-13,36H,1H3/t27?,28-,29-/m0/s1. The van der Waals surface area contributed by atoms with Crippen LogP contribution in [-0.4, -0.2) is 13.1 Å². The average Bonchev–Trinajstić information content (AvgIpc) is 3.15. The summed E-state index contributed by atoms with van der Waals surface area (Å²) in [6, 6.07) is 29.9. The van der Waals surface area contributed by atoms with Crippen molar-refractivity contribution in [1.29, 1.82) is 15.8 Å². The van der Waals surface area contributed by atoms with Gasteiger partial charge in [-0.1, -0.05) is 71.1 Å². The molecule has 37 heavy (non-hydrogen) atoms. The Bertz CT molecular complexity index is 1810. The van der Waals surface area contributed by atoms with E-state index in [0.29, 0.717) is 10.5 Å². The van der Waals surface area contributed by atoms with Gasteiger partial charge >= 0.3 is 5.97 Å². The molecule has 178 valence electrons. The van der Waals surface area contributed by atoms with Crippen LogP contribution in [0.5, 0.6) is 0 Å². The summed E-state index contributed by atoms with van der Waals surface area (Å²) in [6.07, 6.45) is 0. The Morgan fingerprint density at radius 3 is 1.89 bits per heavy atom. The zero-order valence-electron chi connectivity index (χ0n) is 19.3. The van der Waals surface area contributed by atoms with Gasteiger partial charge in [0.25, 0.3) is 0 Å². The van der Waals surface area contributed by atoms with Gasteiger partial charge in [-0.2, -0.15) is 15.8 Å². The van der Waals surface area contributed by atoms with Crippen LogP contribution in [0.3, 0.4) is 0 Å². The van der Waals surface area contributed by atoms with E-state index in [9.17, 15) is 20.6 Å². The molecule has 2 aliphatic rings. The number of benzene rings is 4. The topological polar surface area (TPSA) is 97.7 Å². The molecule has 0 saturated heterocycles. The van der Waals surface area contributed by atoms with Crippen molar-refractivity contribution in [3.8, 4) is 18.2 Å². The van der Waals surface area contributed by atoms with Gasteiger partial charge in [0.1, 0.15) is 8.17 Å². The molecule has 0 N–H and O–H groups in total.